The lowest BCUT2D eigenvalue weighted by Crippen LogP contribution is -2.33. The lowest BCUT2D eigenvalue weighted by Gasteiger charge is -2.13. The van der Waals surface area contributed by atoms with Crippen LogP contribution in [0.2, 0.25) is 0 Å². The molecule has 4 aromatic rings. The van der Waals surface area contributed by atoms with Crippen LogP contribution in [0.15, 0.2) is 65.5 Å². The van der Waals surface area contributed by atoms with Crippen LogP contribution in [0.1, 0.15) is 11.1 Å². The van der Waals surface area contributed by atoms with E-state index in [0.717, 1.165) is 22.8 Å². The number of carbonyl (C=O) groups is 1. The van der Waals surface area contributed by atoms with Crippen molar-refractivity contribution in [2.45, 2.75) is 6.18 Å². The summed E-state index contributed by atoms with van der Waals surface area (Å²) in [6, 6.07) is 13.9. The van der Waals surface area contributed by atoms with Crippen LogP contribution in [0.25, 0.3) is 17.3 Å². The number of benzene rings is 3. The molecular formula is C29H21F4N3O5S. The number of carbonyl (C=O) groups excluding carboxylic acids is 1. The molecule has 0 saturated carbocycles. The number of amides is 1. The van der Waals surface area contributed by atoms with Gasteiger partial charge in [0.1, 0.15) is 16.5 Å². The summed E-state index contributed by atoms with van der Waals surface area (Å²) < 4.78 is 71.2. The van der Waals surface area contributed by atoms with Gasteiger partial charge in [0.2, 0.25) is 5.75 Å². The number of hydrogen-bond donors (Lipinski definition) is 1. The number of hydrogen-bond acceptors (Lipinski definition) is 7. The summed E-state index contributed by atoms with van der Waals surface area (Å²) in [5, 5.41) is 12.2. The van der Waals surface area contributed by atoms with E-state index >= 15 is 0 Å². The van der Waals surface area contributed by atoms with Gasteiger partial charge in [-0.05, 0) is 48.5 Å². The van der Waals surface area contributed by atoms with Gasteiger partial charge in [-0.1, -0.05) is 18.2 Å². The predicted octanol–water partition coefficient (Wildman–Crippen LogP) is 4.22. The zero-order chi connectivity index (χ0) is 30.6. The highest BCUT2D eigenvalue weighted by atomic mass is 32.1. The third-order valence-electron chi connectivity index (χ3n) is 5.94. The van der Waals surface area contributed by atoms with E-state index in [-0.39, 0.29) is 32.1 Å². The molecule has 0 spiro atoms. The number of thiazole rings is 1. The molecule has 0 fully saturated rings. The molecule has 0 unspecified atom stereocenters. The molecule has 1 amide bonds. The molecule has 3 aromatic carbocycles. The molecular weight excluding hydrogens is 578 g/mol. The highest BCUT2D eigenvalue weighted by Gasteiger charge is 2.30. The summed E-state index contributed by atoms with van der Waals surface area (Å²) in [5.74, 6) is -1.10. The fourth-order valence-corrected chi connectivity index (χ4v) is 5.13. The molecule has 0 saturated heterocycles. The van der Waals surface area contributed by atoms with Gasteiger partial charge in [0.25, 0.3) is 11.5 Å². The van der Waals surface area contributed by atoms with E-state index in [0.29, 0.717) is 28.7 Å². The van der Waals surface area contributed by atoms with Gasteiger partial charge in [0, 0.05) is 11.3 Å². The van der Waals surface area contributed by atoms with Gasteiger partial charge in [-0.25, -0.2) is 4.39 Å². The summed E-state index contributed by atoms with van der Waals surface area (Å²) >= 11 is 0.706. The first kappa shape index (κ1) is 29.9. The minimum atomic E-state index is -4.67. The van der Waals surface area contributed by atoms with Crippen molar-refractivity contribution in [2.24, 2.45) is 0 Å². The smallest absolute Gasteiger partial charge is 0.416 e. The minimum absolute atomic E-state index is 0.0154. The van der Waals surface area contributed by atoms with E-state index in [2.05, 4.69) is 5.32 Å². The van der Waals surface area contributed by atoms with E-state index in [1.54, 1.807) is 18.2 Å². The van der Waals surface area contributed by atoms with Crippen LogP contribution in [0, 0.1) is 17.1 Å². The molecule has 8 nitrogen and oxygen atoms in total. The van der Waals surface area contributed by atoms with Crippen LogP contribution < -0.4 is 34.3 Å². The third-order valence-corrected chi connectivity index (χ3v) is 7.03. The van der Waals surface area contributed by atoms with Gasteiger partial charge in [0.15, 0.2) is 17.1 Å². The summed E-state index contributed by atoms with van der Waals surface area (Å²) in [6.45, 7) is 0. The highest BCUT2D eigenvalue weighted by molar-refractivity contribution is 7.07. The number of ether oxygens (including phenoxy) is 3. The molecule has 0 bridgehead atoms. The Kier molecular flexibility index (Phi) is 8.68. The number of rotatable bonds is 7. The molecule has 0 aliphatic carbocycles. The van der Waals surface area contributed by atoms with Crippen LogP contribution >= 0.6 is 11.3 Å². The first-order valence-electron chi connectivity index (χ1n) is 11.9. The van der Waals surface area contributed by atoms with Crippen LogP contribution in [0.4, 0.5) is 23.2 Å². The lowest BCUT2D eigenvalue weighted by molar-refractivity contribution is -0.137. The lowest BCUT2D eigenvalue weighted by atomic mass is 10.1. The number of nitrogens with zero attached hydrogens (tertiary/aromatic N) is 2. The van der Waals surface area contributed by atoms with Gasteiger partial charge in [-0.2, -0.15) is 18.4 Å². The van der Waals surface area contributed by atoms with E-state index in [1.165, 1.54) is 51.7 Å². The number of nitrogens with one attached hydrogen (secondary N) is 1. The Balaban J connectivity index is 1.99. The van der Waals surface area contributed by atoms with Crippen LogP contribution in [-0.2, 0) is 11.0 Å². The zero-order valence-electron chi connectivity index (χ0n) is 22.2. The van der Waals surface area contributed by atoms with E-state index in [1.807, 2.05) is 0 Å². The summed E-state index contributed by atoms with van der Waals surface area (Å²) in [6.07, 6.45) is -3.26. The molecule has 1 aromatic heterocycles. The van der Waals surface area contributed by atoms with Crippen molar-refractivity contribution < 1.29 is 36.6 Å². The van der Waals surface area contributed by atoms with Gasteiger partial charge >= 0.3 is 6.18 Å². The Bertz CT molecular complexity index is 1890. The second kappa shape index (κ2) is 12.2. The highest BCUT2D eigenvalue weighted by Crippen LogP contribution is 2.40. The Hall–Kier alpha value is -5.09. The minimum Gasteiger partial charge on any atom is -0.493 e. The monoisotopic (exact) mass is 599 g/mol. The summed E-state index contributed by atoms with van der Waals surface area (Å²) in [5.41, 5.74) is -2.52. The quantitative estimate of drug-likeness (QED) is 0.319. The fourth-order valence-electron chi connectivity index (χ4n) is 4.04. The van der Waals surface area contributed by atoms with Crippen LogP contribution in [-0.4, -0.2) is 31.8 Å². The Morgan fingerprint density at radius 3 is 2.33 bits per heavy atom. The molecule has 42 heavy (non-hydrogen) atoms. The summed E-state index contributed by atoms with van der Waals surface area (Å²) in [7, 11) is 4.21. The van der Waals surface area contributed by atoms with Crippen molar-refractivity contribution in [3.63, 3.8) is 0 Å². The van der Waals surface area contributed by atoms with Crippen molar-refractivity contribution in [1.82, 2.24) is 4.57 Å². The molecule has 0 radical (unpaired) electrons. The average molecular weight is 600 g/mol. The number of anilines is 1. The van der Waals surface area contributed by atoms with Crippen LogP contribution in [0.3, 0.4) is 0 Å². The number of halogens is 4. The maximum atomic E-state index is 14.9. The van der Waals surface area contributed by atoms with E-state index in [4.69, 9.17) is 14.2 Å². The van der Waals surface area contributed by atoms with Crippen molar-refractivity contribution in [3.05, 3.63) is 97.2 Å². The van der Waals surface area contributed by atoms with Gasteiger partial charge in [-0.15, -0.1) is 11.3 Å². The van der Waals surface area contributed by atoms with Gasteiger partial charge in [-0.3, -0.25) is 14.2 Å². The standard InChI is InChI=1S/C29H21F4N3O5S/c1-39-22-12-11-16(24(40-2)25(22)41-3)13-23-27(38)36(21-10-5-4-9-20(21)30)28(42-23)19(15-34)26(37)35-18-8-6-7-17(14-18)29(31,32)33/h4-14H,1-3H3,(H,35,37)/b23-13+,28-19+. The SMILES string of the molecule is COc1ccc(/C=c2/s/c(=C(\C#N)C(=O)Nc3cccc(C(F)(F)F)c3)n(-c3ccccc3F)c2=O)c(OC)c1OC. The van der Waals surface area contributed by atoms with Crippen molar-refractivity contribution in [1.29, 1.82) is 5.26 Å². The Morgan fingerprint density at radius 1 is 1.00 bits per heavy atom. The molecule has 13 heteroatoms. The number of aromatic nitrogens is 1. The largest absolute Gasteiger partial charge is 0.493 e. The van der Waals surface area contributed by atoms with Crippen molar-refractivity contribution in [3.8, 4) is 29.0 Å². The zero-order valence-corrected chi connectivity index (χ0v) is 23.0. The topological polar surface area (TPSA) is 103 Å². The predicted molar refractivity (Wildman–Crippen MR) is 148 cm³/mol. The molecule has 0 aliphatic rings. The number of nitriles is 1. The van der Waals surface area contributed by atoms with Gasteiger partial charge < -0.3 is 19.5 Å². The average Bonchev–Trinajstić information content (AvgIpc) is 3.27. The van der Waals surface area contributed by atoms with Crippen molar-refractivity contribution >= 4 is 34.6 Å². The normalized spacial score (nSPS) is 12.4. The molecule has 0 atom stereocenters. The van der Waals surface area contributed by atoms with E-state index in [9.17, 15) is 32.4 Å². The number of alkyl halides is 3. The molecule has 1 N–H and O–H groups in total. The molecule has 216 valence electrons. The molecule has 1 heterocycles. The fraction of sp³-hybridized carbons (Fsp3) is 0.138. The molecule has 0 aliphatic heterocycles. The van der Waals surface area contributed by atoms with Crippen molar-refractivity contribution in [2.75, 3.05) is 26.6 Å². The number of para-hydroxylation sites is 1. The maximum absolute atomic E-state index is 14.9. The second-order valence-electron chi connectivity index (χ2n) is 8.45. The third kappa shape index (κ3) is 5.84. The van der Waals surface area contributed by atoms with E-state index < -0.39 is 34.6 Å². The second-order valence-corrected chi connectivity index (χ2v) is 9.48. The van der Waals surface area contributed by atoms with Crippen LogP contribution in [0.5, 0.6) is 17.2 Å². The first-order chi connectivity index (χ1) is 20.0. The van der Waals surface area contributed by atoms with Gasteiger partial charge in [0.05, 0.1) is 37.1 Å². The maximum Gasteiger partial charge on any atom is 0.416 e. The Labute approximate surface area is 239 Å². The molecule has 4 rings (SSSR count). The Morgan fingerprint density at radius 2 is 1.71 bits per heavy atom. The first-order valence-corrected chi connectivity index (χ1v) is 12.8. The summed E-state index contributed by atoms with van der Waals surface area (Å²) in [4.78, 5) is 26.9. The number of methoxy groups -OCH3 is 3.